The molecule has 0 amide bonds. The highest BCUT2D eigenvalue weighted by Gasteiger charge is 2.15. The van der Waals surface area contributed by atoms with E-state index in [0.29, 0.717) is 24.1 Å². The largest absolute Gasteiger partial charge is 0.469 e. The van der Waals surface area contributed by atoms with Gasteiger partial charge in [0.25, 0.3) is 0 Å². The smallest absolute Gasteiger partial charge is 0.307 e. The highest BCUT2D eigenvalue weighted by molar-refractivity contribution is 7.89. The minimum atomic E-state index is -3.58. The van der Waals surface area contributed by atoms with Gasteiger partial charge in [-0.1, -0.05) is 11.3 Å². The zero-order valence-corrected chi connectivity index (χ0v) is 14.1. The molecule has 0 atom stereocenters. The Labute approximate surface area is 137 Å². The molecule has 6 nitrogen and oxygen atoms in total. The van der Waals surface area contributed by atoms with Crippen molar-refractivity contribution < 1.29 is 12.8 Å². The summed E-state index contributed by atoms with van der Waals surface area (Å²) in [6, 6.07) is 8.38. The summed E-state index contributed by atoms with van der Waals surface area (Å²) in [6.07, 6.45) is 2.92. The van der Waals surface area contributed by atoms with E-state index in [-0.39, 0.29) is 9.77 Å². The molecule has 122 valence electrons. The van der Waals surface area contributed by atoms with Gasteiger partial charge in [-0.15, -0.1) is 0 Å². The van der Waals surface area contributed by atoms with E-state index in [0.717, 1.165) is 22.6 Å². The molecule has 0 aliphatic carbocycles. The van der Waals surface area contributed by atoms with Gasteiger partial charge in [-0.25, -0.2) is 13.1 Å². The van der Waals surface area contributed by atoms with Crippen molar-refractivity contribution in [3.8, 4) is 0 Å². The second-order valence-corrected chi connectivity index (χ2v) is 7.90. The highest BCUT2D eigenvalue weighted by atomic mass is 32.2. The van der Waals surface area contributed by atoms with Crippen molar-refractivity contribution in [1.82, 2.24) is 9.29 Å². The molecule has 0 radical (unpaired) electrons. The number of aromatic nitrogens is 1. The van der Waals surface area contributed by atoms with Gasteiger partial charge >= 0.3 is 4.87 Å². The molecular weight excluding hydrogens is 336 g/mol. The third-order valence-corrected chi connectivity index (χ3v) is 6.00. The fraction of sp³-hybridized carbons (Fsp3) is 0.267. The van der Waals surface area contributed by atoms with Crippen LogP contribution in [0.15, 0.2) is 50.7 Å². The number of benzene rings is 1. The second kappa shape index (κ2) is 6.31. The van der Waals surface area contributed by atoms with Crippen LogP contribution in [-0.4, -0.2) is 19.5 Å². The number of hydrogen-bond acceptors (Lipinski definition) is 5. The second-order valence-electron chi connectivity index (χ2n) is 5.14. The van der Waals surface area contributed by atoms with Crippen molar-refractivity contribution in [2.75, 3.05) is 6.54 Å². The molecule has 0 fully saturated rings. The quantitative estimate of drug-likeness (QED) is 0.689. The Bertz CT molecular complexity index is 969. The summed E-state index contributed by atoms with van der Waals surface area (Å²) >= 11 is 1.04. The Balaban J connectivity index is 1.70. The van der Waals surface area contributed by atoms with Gasteiger partial charge in [0.1, 0.15) is 5.76 Å². The maximum atomic E-state index is 12.3. The molecule has 0 saturated heterocycles. The van der Waals surface area contributed by atoms with Gasteiger partial charge in [0.2, 0.25) is 10.0 Å². The van der Waals surface area contributed by atoms with E-state index in [1.54, 1.807) is 25.4 Å². The summed E-state index contributed by atoms with van der Waals surface area (Å²) in [5.41, 5.74) is 0.733. The molecule has 0 spiro atoms. The summed E-state index contributed by atoms with van der Waals surface area (Å²) in [7, 11) is -1.91. The monoisotopic (exact) mass is 352 g/mol. The number of fused-ring (bicyclic) bond motifs is 1. The van der Waals surface area contributed by atoms with Crippen molar-refractivity contribution in [2.45, 2.75) is 17.7 Å². The maximum Gasteiger partial charge on any atom is 0.307 e. The minimum Gasteiger partial charge on any atom is -0.469 e. The number of aryl methyl sites for hydroxylation is 2. The van der Waals surface area contributed by atoms with Crippen LogP contribution in [0.1, 0.15) is 12.2 Å². The number of rotatable bonds is 6. The lowest BCUT2D eigenvalue weighted by Gasteiger charge is -2.06. The summed E-state index contributed by atoms with van der Waals surface area (Å²) < 4.78 is 34.6. The number of nitrogens with one attached hydrogen (secondary N) is 1. The molecule has 3 rings (SSSR count). The summed E-state index contributed by atoms with van der Waals surface area (Å²) in [5.74, 6) is 0.833. The van der Waals surface area contributed by atoms with Crippen LogP contribution in [0.4, 0.5) is 0 Å². The Hall–Kier alpha value is -1.90. The standard InChI is InChI=1S/C15H16N2O4S2/c1-17-13-7-6-12(10-14(13)22-15(17)18)23(19,20)16-8-2-4-11-5-3-9-21-11/h3,5-7,9-10,16H,2,4,8H2,1H3. The molecule has 3 aromatic rings. The van der Waals surface area contributed by atoms with Crippen LogP contribution in [0.2, 0.25) is 0 Å². The average Bonchev–Trinajstić information content (AvgIpc) is 3.13. The van der Waals surface area contributed by atoms with E-state index in [1.165, 1.54) is 16.7 Å². The van der Waals surface area contributed by atoms with Crippen LogP contribution in [-0.2, 0) is 23.5 Å². The number of sulfonamides is 1. The van der Waals surface area contributed by atoms with E-state index in [4.69, 9.17) is 4.42 Å². The number of thiazole rings is 1. The van der Waals surface area contributed by atoms with E-state index in [2.05, 4.69) is 4.72 Å². The third-order valence-electron chi connectivity index (χ3n) is 3.55. The van der Waals surface area contributed by atoms with Gasteiger partial charge < -0.3 is 8.98 Å². The molecule has 1 aromatic carbocycles. The topological polar surface area (TPSA) is 81.3 Å². The minimum absolute atomic E-state index is 0.110. The van der Waals surface area contributed by atoms with Crippen molar-refractivity contribution in [2.24, 2.45) is 7.05 Å². The van der Waals surface area contributed by atoms with Crippen LogP contribution in [0.5, 0.6) is 0 Å². The Kier molecular flexibility index (Phi) is 4.38. The lowest BCUT2D eigenvalue weighted by Crippen LogP contribution is -2.25. The molecule has 0 saturated carbocycles. The van der Waals surface area contributed by atoms with E-state index >= 15 is 0 Å². The van der Waals surface area contributed by atoms with Crippen LogP contribution < -0.4 is 9.60 Å². The van der Waals surface area contributed by atoms with Gasteiger partial charge in [0.05, 0.1) is 21.4 Å². The lowest BCUT2D eigenvalue weighted by molar-refractivity contribution is 0.500. The maximum absolute atomic E-state index is 12.3. The molecule has 0 bridgehead atoms. The Morgan fingerprint density at radius 1 is 1.30 bits per heavy atom. The summed E-state index contributed by atoms with van der Waals surface area (Å²) in [5, 5.41) is 0. The van der Waals surface area contributed by atoms with E-state index in [9.17, 15) is 13.2 Å². The zero-order valence-electron chi connectivity index (χ0n) is 12.5. The van der Waals surface area contributed by atoms with E-state index in [1.807, 2.05) is 6.07 Å². The lowest BCUT2D eigenvalue weighted by atomic mass is 10.2. The molecule has 8 heteroatoms. The van der Waals surface area contributed by atoms with Crippen LogP contribution >= 0.6 is 11.3 Å². The van der Waals surface area contributed by atoms with Crippen molar-refractivity contribution >= 4 is 31.6 Å². The molecule has 2 heterocycles. The molecule has 1 N–H and O–H groups in total. The molecule has 2 aromatic heterocycles. The van der Waals surface area contributed by atoms with Crippen LogP contribution in [0, 0.1) is 0 Å². The number of hydrogen-bond donors (Lipinski definition) is 1. The zero-order chi connectivity index (χ0) is 16.4. The van der Waals surface area contributed by atoms with Gasteiger partial charge in [-0.2, -0.15) is 0 Å². The fourth-order valence-corrected chi connectivity index (χ4v) is 4.38. The average molecular weight is 352 g/mol. The predicted octanol–water partition coefficient (Wildman–Crippen LogP) is 2.10. The molecule has 23 heavy (non-hydrogen) atoms. The van der Waals surface area contributed by atoms with Gasteiger partial charge in [0, 0.05) is 20.0 Å². The first-order valence-corrected chi connectivity index (χ1v) is 9.39. The molecular formula is C15H16N2O4S2. The summed E-state index contributed by atoms with van der Waals surface area (Å²) in [6.45, 7) is 0.325. The van der Waals surface area contributed by atoms with E-state index < -0.39 is 10.0 Å². The molecule has 0 aliphatic heterocycles. The highest BCUT2D eigenvalue weighted by Crippen LogP contribution is 2.21. The first kappa shape index (κ1) is 16.0. The van der Waals surface area contributed by atoms with Crippen molar-refractivity contribution in [3.05, 3.63) is 52.0 Å². The third kappa shape index (κ3) is 3.39. The number of furan rings is 1. The fourth-order valence-electron chi connectivity index (χ4n) is 2.29. The van der Waals surface area contributed by atoms with Crippen molar-refractivity contribution in [3.63, 3.8) is 0 Å². The molecule has 0 unspecified atom stereocenters. The Morgan fingerprint density at radius 3 is 2.87 bits per heavy atom. The summed E-state index contributed by atoms with van der Waals surface area (Å²) in [4.78, 5) is 11.7. The first-order valence-electron chi connectivity index (χ1n) is 7.09. The van der Waals surface area contributed by atoms with Crippen LogP contribution in [0.25, 0.3) is 10.2 Å². The number of nitrogens with zero attached hydrogens (tertiary/aromatic N) is 1. The first-order chi connectivity index (χ1) is 11.0. The van der Waals surface area contributed by atoms with Gasteiger partial charge in [0.15, 0.2) is 0 Å². The van der Waals surface area contributed by atoms with Gasteiger partial charge in [-0.3, -0.25) is 4.79 Å². The molecule has 0 aliphatic rings. The normalized spacial score (nSPS) is 12.0. The predicted molar refractivity (Wildman–Crippen MR) is 89.3 cm³/mol. The Morgan fingerprint density at radius 2 is 2.13 bits per heavy atom. The van der Waals surface area contributed by atoms with Crippen molar-refractivity contribution in [1.29, 1.82) is 0 Å². The van der Waals surface area contributed by atoms with Gasteiger partial charge in [-0.05, 0) is 36.8 Å². The van der Waals surface area contributed by atoms with Crippen LogP contribution in [0.3, 0.4) is 0 Å². The SMILES string of the molecule is Cn1c(=O)sc2cc(S(=O)(=O)NCCCc3ccco3)ccc21.